The van der Waals surface area contributed by atoms with Crippen molar-refractivity contribution >= 4 is 23.4 Å². The van der Waals surface area contributed by atoms with E-state index in [9.17, 15) is 8.78 Å². The molecular formula is C17H15ClF2N4O2S. The van der Waals surface area contributed by atoms with Crippen molar-refractivity contribution in [3.8, 4) is 22.9 Å². The van der Waals surface area contributed by atoms with Gasteiger partial charge < -0.3 is 15.3 Å². The molecule has 1 aromatic heterocycles. The molecule has 0 atom stereocenters. The zero-order chi connectivity index (χ0) is 19.4. The summed E-state index contributed by atoms with van der Waals surface area (Å²) in [6.45, 7) is -2.92. The molecule has 0 aliphatic carbocycles. The third kappa shape index (κ3) is 4.61. The summed E-state index contributed by atoms with van der Waals surface area (Å²) in [5.74, 6) is 7.25. The minimum atomic E-state index is -2.92. The van der Waals surface area contributed by atoms with E-state index < -0.39 is 6.61 Å². The van der Waals surface area contributed by atoms with Crippen LogP contribution >= 0.6 is 23.4 Å². The summed E-state index contributed by atoms with van der Waals surface area (Å²) in [7, 11) is 1.39. The number of ether oxygens (including phenoxy) is 2. The summed E-state index contributed by atoms with van der Waals surface area (Å²) in [4.78, 5) is 0. The number of rotatable bonds is 7. The highest BCUT2D eigenvalue weighted by molar-refractivity contribution is 7.98. The van der Waals surface area contributed by atoms with Crippen molar-refractivity contribution in [3.63, 3.8) is 0 Å². The Labute approximate surface area is 163 Å². The Bertz CT molecular complexity index is 939. The molecule has 142 valence electrons. The number of thioether (sulfide) groups is 1. The number of benzene rings is 2. The molecule has 0 bridgehead atoms. The van der Waals surface area contributed by atoms with Crippen LogP contribution in [0.3, 0.4) is 0 Å². The highest BCUT2D eigenvalue weighted by Crippen LogP contribution is 2.32. The first-order valence-corrected chi connectivity index (χ1v) is 9.05. The Kier molecular flexibility index (Phi) is 6.02. The fourth-order valence-electron chi connectivity index (χ4n) is 2.34. The van der Waals surface area contributed by atoms with Crippen LogP contribution < -0.4 is 15.3 Å². The average molecular weight is 413 g/mol. The van der Waals surface area contributed by atoms with E-state index in [1.807, 2.05) is 6.07 Å². The lowest BCUT2D eigenvalue weighted by molar-refractivity contribution is -0.0512. The van der Waals surface area contributed by atoms with Gasteiger partial charge in [0.05, 0.1) is 7.11 Å². The van der Waals surface area contributed by atoms with Crippen LogP contribution in [0.15, 0.2) is 47.6 Å². The number of halogens is 3. The van der Waals surface area contributed by atoms with Crippen molar-refractivity contribution in [2.75, 3.05) is 13.0 Å². The molecule has 0 saturated carbocycles. The van der Waals surface area contributed by atoms with Gasteiger partial charge in [0.15, 0.2) is 17.3 Å². The van der Waals surface area contributed by atoms with Crippen molar-refractivity contribution in [1.82, 2.24) is 14.9 Å². The molecule has 0 spiro atoms. The van der Waals surface area contributed by atoms with Crippen LogP contribution in [0.25, 0.3) is 11.4 Å². The minimum Gasteiger partial charge on any atom is -0.493 e. The van der Waals surface area contributed by atoms with E-state index in [1.54, 1.807) is 30.3 Å². The standard InChI is InChI=1S/C17H15ClF2N4O2S/c1-25-14-7-10(5-6-13(14)26-16(19)20)9-27-17-23-22-15(24(17)21)11-3-2-4-12(18)8-11/h2-8,16H,9,21H2,1H3. The van der Waals surface area contributed by atoms with E-state index in [1.165, 1.54) is 29.6 Å². The molecular weight excluding hydrogens is 398 g/mol. The molecule has 2 N–H and O–H groups in total. The van der Waals surface area contributed by atoms with Gasteiger partial charge in [-0.05, 0) is 29.8 Å². The van der Waals surface area contributed by atoms with Crippen LogP contribution in [0.5, 0.6) is 11.5 Å². The number of nitrogens with two attached hydrogens (primary N) is 1. The Morgan fingerprint density at radius 1 is 1.19 bits per heavy atom. The van der Waals surface area contributed by atoms with E-state index in [0.717, 1.165) is 11.1 Å². The van der Waals surface area contributed by atoms with E-state index in [0.29, 0.717) is 21.8 Å². The van der Waals surface area contributed by atoms with Gasteiger partial charge in [-0.1, -0.05) is 41.6 Å². The van der Waals surface area contributed by atoms with Gasteiger partial charge in [-0.15, -0.1) is 10.2 Å². The highest BCUT2D eigenvalue weighted by atomic mass is 35.5. The van der Waals surface area contributed by atoms with Crippen LogP contribution in [-0.4, -0.2) is 28.6 Å². The van der Waals surface area contributed by atoms with Gasteiger partial charge >= 0.3 is 6.61 Å². The monoisotopic (exact) mass is 412 g/mol. The second-order valence-electron chi connectivity index (χ2n) is 5.34. The van der Waals surface area contributed by atoms with Crippen molar-refractivity contribution in [3.05, 3.63) is 53.1 Å². The number of alkyl halides is 2. The Morgan fingerprint density at radius 3 is 2.70 bits per heavy atom. The van der Waals surface area contributed by atoms with Gasteiger partial charge in [0.25, 0.3) is 0 Å². The molecule has 1 heterocycles. The van der Waals surface area contributed by atoms with Gasteiger partial charge in [0.1, 0.15) is 0 Å². The minimum absolute atomic E-state index is 0.0218. The van der Waals surface area contributed by atoms with Gasteiger partial charge in [-0.3, -0.25) is 0 Å². The highest BCUT2D eigenvalue weighted by Gasteiger charge is 2.14. The first-order chi connectivity index (χ1) is 13.0. The Morgan fingerprint density at radius 2 is 2.00 bits per heavy atom. The molecule has 27 heavy (non-hydrogen) atoms. The molecule has 0 radical (unpaired) electrons. The van der Waals surface area contributed by atoms with Gasteiger partial charge in [0.2, 0.25) is 5.16 Å². The summed E-state index contributed by atoms with van der Waals surface area (Å²) in [6.07, 6.45) is 0. The molecule has 0 fully saturated rings. The number of methoxy groups -OCH3 is 1. The molecule has 10 heteroatoms. The normalized spacial score (nSPS) is 11.0. The number of nitrogens with zero attached hydrogens (tertiary/aromatic N) is 3. The van der Waals surface area contributed by atoms with Crippen molar-refractivity contribution < 1.29 is 18.3 Å². The van der Waals surface area contributed by atoms with Crippen LogP contribution in [-0.2, 0) is 5.75 Å². The first kappa shape index (κ1) is 19.2. The van der Waals surface area contributed by atoms with E-state index in [4.69, 9.17) is 22.2 Å². The predicted molar refractivity (Wildman–Crippen MR) is 99.8 cm³/mol. The van der Waals surface area contributed by atoms with Gasteiger partial charge in [-0.2, -0.15) is 8.78 Å². The fourth-order valence-corrected chi connectivity index (χ4v) is 3.33. The molecule has 0 amide bonds. The topological polar surface area (TPSA) is 75.2 Å². The number of hydrogen-bond donors (Lipinski definition) is 1. The largest absolute Gasteiger partial charge is 0.493 e. The van der Waals surface area contributed by atoms with Crippen molar-refractivity contribution in [2.24, 2.45) is 0 Å². The summed E-state index contributed by atoms with van der Waals surface area (Å²) in [5, 5.41) is 9.26. The third-order valence-corrected chi connectivity index (χ3v) is 4.81. The van der Waals surface area contributed by atoms with E-state index in [2.05, 4.69) is 14.9 Å². The van der Waals surface area contributed by atoms with E-state index in [-0.39, 0.29) is 11.5 Å². The lowest BCUT2D eigenvalue weighted by Crippen LogP contribution is -2.11. The van der Waals surface area contributed by atoms with Crippen LogP contribution in [0.1, 0.15) is 5.56 Å². The second-order valence-corrected chi connectivity index (χ2v) is 6.72. The van der Waals surface area contributed by atoms with Gasteiger partial charge in [0, 0.05) is 16.3 Å². The zero-order valence-electron chi connectivity index (χ0n) is 14.1. The molecule has 0 saturated heterocycles. The maximum absolute atomic E-state index is 12.4. The predicted octanol–water partition coefficient (Wildman–Crippen LogP) is 4.21. The molecule has 0 aliphatic heterocycles. The Balaban J connectivity index is 1.74. The number of hydrogen-bond acceptors (Lipinski definition) is 6. The lowest BCUT2D eigenvalue weighted by Gasteiger charge is -2.11. The van der Waals surface area contributed by atoms with Crippen LogP contribution in [0.2, 0.25) is 5.02 Å². The molecule has 0 aliphatic rings. The number of nitrogen functional groups attached to an aromatic ring is 1. The maximum atomic E-state index is 12.4. The third-order valence-electron chi connectivity index (χ3n) is 3.56. The zero-order valence-corrected chi connectivity index (χ0v) is 15.7. The fraction of sp³-hybridized carbons (Fsp3) is 0.176. The van der Waals surface area contributed by atoms with Crippen molar-refractivity contribution in [2.45, 2.75) is 17.5 Å². The van der Waals surface area contributed by atoms with Crippen LogP contribution in [0, 0.1) is 0 Å². The van der Waals surface area contributed by atoms with E-state index >= 15 is 0 Å². The lowest BCUT2D eigenvalue weighted by atomic mass is 10.2. The second kappa shape index (κ2) is 8.45. The molecule has 0 unspecified atom stereocenters. The molecule has 3 aromatic rings. The molecule has 3 rings (SSSR count). The smallest absolute Gasteiger partial charge is 0.387 e. The summed E-state index contributed by atoms with van der Waals surface area (Å²) >= 11 is 7.34. The average Bonchev–Trinajstić information content (AvgIpc) is 3.01. The molecule has 6 nitrogen and oxygen atoms in total. The summed E-state index contributed by atoms with van der Waals surface area (Å²) < 4.78 is 35.7. The quantitative estimate of drug-likeness (QED) is 0.462. The summed E-state index contributed by atoms with van der Waals surface area (Å²) in [6, 6.07) is 11.9. The summed E-state index contributed by atoms with van der Waals surface area (Å²) in [5.41, 5.74) is 1.57. The first-order valence-electron chi connectivity index (χ1n) is 7.69. The number of aromatic nitrogens is 3. The van der Waals surface area contributed by atoms with Crippen LogP contribution in [0.4, 0.5) is 8.78 Å². The van der Waals surface area contributed by atoms with Gasteiger partial charge in [-0.25, -0.2) is 4.68 Å². The molecule has 2 aromatic carbocycles. The maximum Gasteiger partial charge on any atom is 0.387 e. The Hall–Kier alpha value is -2.52. The van der Waals surface area contributed by atoms with Crippen molar-refractivity contribution in [1.29, 1.82) is 0 Å². The SMILES string of the molecule is COc1cc(CSc2nnc(-c3cccc(Cl)c3)n2N)ccc1OC(F)F.